The molecule has 0 saturated heterocycles. The van der Waals surface area contributed by atoms with Gasteiger partial charge in [0.1, 0.15) is 5.54 Å². The minimum atomic E-state index is -0.861. The van der Waals surface area contributed by atoms with E-state index in [4.69, 9.17) is 0 Å². The summed E-state index contributed by atoms with van der Waals surface area (Å²) in [5.74, 6) is -0.138. The van der Waals surface area contributed by atoms with Gasteiger partial charge in [-0.15, -0.1) is 11.3 Å². The molecule has 5 heteroatoms. The molecule has 26 heavy (non-hydrogen) atoms. The first-order chi connectivity index (χ1) is 12.4. The van der Waals surface area contributed by atoms with Gasteiger partial charge in [0.25, 0.3) is 0 Å². The molecule has 0 bridgehead atoms. The molecule has 0 radical (unpaired) electrons. The molecule has 0 aliphatic heterocycles. The zero-order valence-corrected chi connectivity index (χ0v) is 16.7. The predicted octanol–water partition coefficient (Wildman–Crippen LogP) is 4.04. The molecule has 1 aromatic heterocycles. The third-order valence-corrected chi connectivity index (χ3v) is 5.74. The van der Waals surface area contributed by atoms with Gasteiger partial charge in [-0.05, 0) is 41.8 Å². The second kappa shape index (κ2) is 8.98. The fourth-order valence-electron chi connectivity index (χ4n) is 2.61. The SMILES string of the molecule is CCc1ccc([C@@H](NCC(=O)N[C@](C)(C#N)C(C)C)c2cccs2)cc1. The number of carbonyl (C=O) groups excluding carboxylic acids is 1. The van der Waals surface area contributed by atoms with Crippen molar-refractivity contribution in [3.05, 3.63) is 57.8 Å². The number of aryl methyl sites for hydroxylation is 1. The van der Waals surface area contributed by atoms with Crippen LogP contribution in [0.2, 0.25) is 0 Å². The van der Waals surface area contributed by atoms with Gasteiger partial charge in [-0.3, -0.25) is 10.1 Å². The van der Waals surface area contributed by atoms with Crippen LogP contribution in [0.25, 0.3) is 0 Å². The van der Waals surface area contributed by atoms with Crippen LogP contribution in [0.5, 0.6) is 0 Å². The molecule has 2 atom stereocenters. The van der Waals surface area contributed by atoms with Gasteiger partial charge in [0.2, 0.25) is 5.91 Å². The number of nitrogens with one attached hydrogen (secondary N) is 2. The molecule has 1 aromatic carbocycles. The van der Waals surface area contributed by atoms with Crippen LogP contribution in [-0.4, -0.2) is 18.0 Å². The van der Waals surface area contributed by atoms with Crippen molar-refractivity contribution in [2.24, 2.45) is 5.92 Å². The lowest BCUT2D eigenvalue weighted by Crippen LogP contribution is -2.51. The van der Waals surface area contributed by atoms with E-state index in [1.54, 1.807) is 18.3 Å². The predicted molar refractivity (Wildman–Crippen MR) is 107 cm³/mol. The number of nitrogens with zero attached hydrogens (tertiary/aromatic N) is 1. The standard InChI is InChI=1S/C21H27N3OS/c1-5-16-8-10-17(11-9-16)20(18-7-6-12-26-18)23-13-19(25)24-21(4,14-22)15(2)3/h6-12,15,20,23H,5,13H2,1-4H3,(H,24,25)/t20-,21-/m1/s1. The van der Waals surface area contributed by atoms with Crippen molar-refractivity contribution < 1.29 is 4.79 Å². The van der Waals surface area contributed by atoms with Gasteiger partial charge >= 0.3 is 0 Å². The van der Waals surface area contributed by atoms with Crippen molar-refractivity contribution in [3.63, 3.8) is 0 Å². The Labute approximate surface area is 160 Å². The summed E-state index contributed by atoms with van der Waals surface area (Å²) >= 11 is 1.66. The maximum atomic E-state index is 12.4. The van der Waals surface area contributed by atoms with E-state index in [1.807, 2.05) is 25.3 Å². The van der Waals surface area contributed by atoms with E-state index >= 15 is 0 Å². The van der Waals surface area contributed by atoms with Gasteiger partial charge in [0.05, 0.1) is 18.7 Å². The van der Waals surface area contributed by atoms with Crippen LogP contribution in [0, 0.1) is 17.2 Å². The smallest absolute Gasteiger partial charge is 0.235 e. The highest BCUT2D eigenvalue weighted by atomic mass is 32.1. The molecule has 0 unspecified atom stereocenters. The summed E-state index contributed by atoms with van der Waals surface area (Å²) in [6, 6.07) is 14.7. The van der Waals surface area contributed by atoms with E-state index in [1.165, 1.54) is 5.56 Å². The van der Waals surface area contributed by atoms with Gasteiger partial charge in [-0.1, -0.05) is 51.1 Å². The summed E-state index contributed by atoms with van der Waals surface area (Å²) in [7, 11) is 0. The van der Waals surface area contributed by atoms with Crippen molar-refractivity contribution in [3.8, 4) is 6.07 Å². The summed E-state index contributed by atoms with van der Waals surface area (Å²) in [4.78, 5) is 13.6. The zero-order valence-electron chi connectivity index (χ0n) is 15.9. The molecular formula is C21H27N3OS. The largest absolute Gasteiger partial charge is 0.337 e. The van der Waals surface area contributed by atoms with E-state index in [-0.39, 0.29) is 24.4 Å². The van der Waals surface area contributed by atoms with Gasteiger partial charge in [0.15, 0.2) is 0 Å². The van der Waals surface area contributed by atoms with Gasteiger partial charge in [-0.2, -0.15) is 5.26 Å². The lowest BCUT2D eigenvalue weighted by Gasteiger charge is -2.28. The summed E-state index contributed by atoms with van der Waals surface area (Å²) in [6.07, 6.45) is 1.00. The monoisotopic (exact) mass is 369 g/mol. The topological polar surface area (TPSA) is 64.9 Å². The van der Waals surface area contributed by atoms with Gasteiger partial charge in [-0.25, -0.2) is 0 Å². The van der Waals surface area contributed by atoms with Crippen LogP contribution in [0.1, 0.15) is 49.7 Å². The minimum absolute atomic E-state index is 0.0335. The number of benzene rings is 1. The molecule has 0 aliphatic rings. The van der Waals surface area contributed by atoms with Crippen LogP contribution in [0.3, 0.4) is 0 Å². The molecule has 0 aliphatic carbocycles. The molecule has 4 nitrogen and oxygen atoms in total. The average Bonchev–Trinajstić information content (AvgIpc) is 3.16. The van der Waals surface area contributed by atoms with Crippen molar-refractivity contribution >= 4 is 17.2 Å². The highest BCUT2D eigenvalue weighted by Crippen LogP contribution is 2.26. The summed E-state index contributed by atoms with van der Waals surface area (Å²) in [5, 5.41) is 17.6. The maximum Gasteiger partial charge on any atom is 0.235 e. The molecular weight excluding hydrogens is 342 g/mol. The third-order valence-electron chi connectivity index (χ3n) is 4.80. The number of carbonyl (C=O) groups is 1. The number of amides is 1. The first-order valence-electron chi connectivity index (χ1n) is 8.97. The Balaban J connectivity index is 2.11. The first-order valence-corrected chi connectivity index (χ1v) is 9.85. The van der Waals surface area contributed by atoms with Crippen molar-refractivity contribution in [1.29, 1.82) is 5.26 Å². The highest BCUT2D eigenvalue weighted by molar-refractivity contribution is 7.10. The maximum absolute atomic E-state index is 12.4. The lowest BCUT2D eigenvalue weighted by molar-refractivity contribution is -0.121. The Morgan fingerprint density at radius 1 is 1.27 bits per heavy atom. The molecule has 0 spiro atoms. The molecule has 1 heterocycles. The van der Waals surface area contributed by atoms with Crippen LogP contribution in [-0.2, 0) is 11.2 Å². The number of thiophene rings is 1. The summed E-state index contributed by atoms with van der Waals surface area (Å²) in [5.41, 5.74) is 1.56. The van der Waals surface area contributed by atoms with Crippen LogP contribution >= 0.6 is 11.3 Å². The van der Waals surface area contributed by atoms with Gasteiger partial charge in [0, 0.05) is 4.88 Å². The summed E-state index contributed by atoms with van der Waals surface area (Å²) in [6.45, 7) is 7.91. The molecule has 2 rings (SSSR count). The number of nitriles is 1. The van der Waals surface area contributed by atoms with E-state index in [0.717, 1.165) is 16.9 Å². The second-order valence-electron chi connectivity index (χ2n) is 6.94. The molecule has 1 amide bonds. The Bertz CT molecular complexity index is 747. The third kappa shape index (κ3) is 4.94. The Hall–Kier alpha value is -2.16. The number of hydrogen-bond donors (Lipinski definition) is 2. The fourth-order valence-corrected chi connectivity index (χ4v) is 3.44. The molecule has 2 aromatic rings. The Kier molecular flexibility index (Phi) is 6.96. The highest BCUT2D eigenvalue weighted by Gasteiger charge is 2.30. The molecule has 0 fully saturated rings. The van der Waals surface area contributed by atoms with Crippen LogP contribution < -0.4 is 10.6 Å². The van der Waals surface area contributed by atoms with E-state index in [0.29, 0.717) is 0 Å². The van der Waals surface area contributed by atoms with E-state index in [9.17, 15) is 10.1 Å². The zero-order chi connectivity index (χ0) is 19.2. The Morgan fingerprint density at radius 2 is 1.96 bits per heavy atom. The number of hydrogen-bond acceptors (Lipinski definition) is 4. The van der Waals surface area contributed by atoms with Crippen molar-refractivity contribution in [2.75, 3.05) is 6.54 Å². The van der Waals surface area contributed by atoms with Gasteiger partial charge < -0.3 is 5.32 Å². The lowest BCUT2D eigenvalue weighted by atomic mass is 9.90. The normalized spacial score (nSPS) is 14.5. The number of rotatable bonds is 8. The molecule has 2 N–H and O–H groups in total. The summed E-state index contributed by atoms with van der Waals surface area (Å²) < 4.78 is 0. The van der Waals surface area contributed by atoms with Crippen molar-refractivity contribution in [2.45, 2.75) is 45.7 Å². The fraction of sp³-hybridized carbons (Fsp3) is 0.429. The second-order valence-corrected chi connectivity index (χ2v) is 7.92. The van der Waals surface area contributed by atoms with Crippen LogP contribution in [0.4, 0.5) is 0 Å². The Morgan fingerprint density at radius 3 is 2.46 bits per heavy atom. The molecule has 0 saturated carbocycles. The van der Waals surface area contributed by atoms with Crippen LogP contribution in [0.15, 0.2) is 41.8 Å². The quantitative estimate of drug-likeness (QED) is 0.738. The van der Waals surface area contributed by atoms with Crippen molar-refractivity contribution in [1.82, 2.24) is 10.6 Å². The van der Waals surface area contributed by atoms with E-state index in [2.05, 4.69) is 54.0 Å². The average molecular weight is 370 g/mol. The van der Waals surface area contributed by atoms with E-state index < -0.39 is 5.54 Å². The minimum Gasteiger partial charge on any atom is -0.337 e. The first kappa shape index (κ1) is 20.2. The molecule has 138 valence electrons.